The van der Waals surface area contributed by atoms with Crippen molar-refractivity contribution in [1.29, 1.82) is 0 Å². The lowest BCUT2D eigenvalue weighted by Gasteiger charge is -2.34. The summed E-state index contributed by atoms with van der Waals surface area (Å²) in [5.74, 6) is 2.75. The Labute approximate surface area is 199 Å². The minimum atomic E-state index is -0.146. The van der Waals surface area contributed by atoms with E-state index in [1.807, 2.05) is 43.3 Å². The molecule has 1 unspecified atom stereocenters. The first-order valence-corrected chi connectivity index (χ1v) is 11.2. The van der Waals surface area contributed by atoms with Gasteiger partial charge in [-0.05, 0) is 43.7 Å². The van der Waals surface area contributed by atoms with E-state index in [1.54, 1.807) is 26.4 Å². The second-order valence-corrected chi connectivity index (χ2v) is 8.52. The fourth-order valence-electron chi connectivity index (χ4n) is 4.54. The van der Waals surface area contributed by atoms with Gasteiger partial charge in [0.05, 0.1) is 19.8 Å². The molecule has 2 aliphatic rings. The molecule has 1 atom stereocenters. The van der Waals surface area contributed by atoms with Gasteiger partial charge in [0.15, 0.2) is 5.76 Å². The van der Waals surface area contributed by atoms with Crippen LogP contribution in [0.1, 0.15) is 45.6 Å². The Morgan fingerprint density at radius 1 is 1.03 bits per heavy atom. The number of hydrogen-bond acceptors (Lipinski definition) is 6. The number of Topliss-reactive ketones (excluding diaryl/α,β-unsaturated/α-hetero) is 1. The van der Waals surface area contributed by atoms with Gasteiger partial charge in [-0.25, -0.2) is 0 Å². The van der Waals surface area contributed by atoms with Gasteiger partial charge in [-0.1, -0.05) is 30.3 Å². The molecule has 0 saturated heterocycles. The molecule has 34 heavy (non-hydrogen) atoms. The van der Waals surface area contributed by atoms with Crippen LogP contribution in [-0.2, 0) is 6.54 Å². The molecule has 0 spiro atoms. The van der Waals surface area contributed by atoms with Crippen molar-refractivity contribution in [2.45, 2.75) is 26.4 Å². The van der Waals surface area contributed by atoms with Gasteiger partial charge in [0.25, 0.3) is 0 Å². The molecule has 6 heteroatoms. The number of ketones is 1. The summed E-state index contributed by atoms with van der Waals surface area (Å²) in [6.07, 6.45) is 1.71. The minimum absolute atomic E-state index is 0.146. The molecule has 0 aliphatic carbocycles. The Bertz CT molecular complexity index is 1280. The molecule has 6 nitrogen and oxygen atoms in total. The highest BCUT2D eigenvalue weighted by atomic mass is 16.5. The maximum absolute atomic E-state index is 13.3. The number of nitrogens with zero attached hydrogens (tertiary/aromatic N) is 1. The minimum Gasteiger partial charge on any atom is -0.497 e. The van der Waals surface area contributed by atoms with Gasteiger partial charge in [-0.2, -0.15) is 0 Å². The van der Waals surface area contributed by atoms with Crippen molar-refractivity contribution in [3.8, 4) is 23.0 Å². The fraction of sp³-hybridized carbons (Fsp3) is 0.250. The van der Waals surface area contributed by atoms with E-state index in [2.05, 4.69) is 24.0 Å². The standard InChI is InChI=1S/C28H27NO5/c1-17-27-21(15-29(16-33-27)18(2)19-8-6-5-7-9-19)12-23-26(30)25(34-28(17)23)13-20-10-11-22(31-3)14-24(20)32-4/h5-14,18H,15-16H2,1-4H3/b25-13-. The van der Waals surface area contributed by atoms with Crippen LogP contribution in [0.4, 0.5) is 0 Å². The number of methoxy groups -OCH3 is 2. The number of carbonyl (C=O) groups is 1. The van der Waals surface area contributed by atoms with Crippen molar-refractivity contribution in [2.24, 2.45) is 0 Å². The quantitative estimate of drug-likeness (QED) is 0.469. The third-order valence-electron chi connectivity index (χ3n) is 6.52. The molecule has 0 N–H and O–H groups in total. The number of ether oxygens (including phenoxy) is 4. The van der Waals surface area contributed by atoms with Crippen LogP contribution >= 0.6 is 0 Å². The Hall–Kier alpha value is -3.77. The van der Waals surface area contributed by atoms with E-state index in [4.69, 9.17) is 18.9 Å². The third-order valence-corrected chi connectivity index (χ3v) is 6.52. The predicted molar refractivity (Wildman–Crippen MR) is 130 cm³/mol. The molecule has 5 rings (SSSR count). The van der Waals surface area contributed by atoms with Gasteiger partial charge in [0.1, 0.15) is 29.7 Å². The van der Waals surface area contributed by atoms with Crippen molar-refractivity contribution in [1.82, 2.24) is 4.90 Å². The average molecular weight is 458 g/mol. The fourth-order valence-corrected chi connectivity index (χ4v) is 4.54. The summed E-state index contributed by atoms with van der Waals surface area (Å²) in [6.45, 7) is 5.28. The van der Waals surface area contributed by atoms with Crippen LogP contribution < -0.4 is 18.9 Å². The average Bonchev–Trinajstić information content (AvgIpc) is 3.19. The first kappa shape index (κ1) is 22.0. The van der Waals surface area contributed by atoms with Gasteiger partial charge < -0.3 is 18.9 Å². The van der Waals surface area contributed by atoms with Crippen molar-refractivity contribution in [2.75, 3.05) is 21.0 Å². The third kappa shape index (κ3) is 3.80. The summed E-state index contributed by atoms with van der Waals surface area (Å²) in [6, 6.07) is 17.9. The second-order valence-electron chi connectivity index (χ2n) is 8.52. The summed E-state index contributed by atoms with van der Waals surface area (Å²) in [5, 5.41) is 0. The molecule has 2 aliphatic heterocycles. The first-order chi connectivity index (χ1) is 16.5. The van der Waals surface area contributed by atoms with E-state index in [-0.39, 0.29) is 17.6 Å². The molecular formula is C28H27NO5. The number of rotatable bonds is 5. The zero-order valence-electron chi connectivity index (χ0n) is 19.8. The molecule has 174 valence electrons. The SMILES string of the molecule is COc1ccc(/C=C2\Oc3c(cc4c(c3C)OCN(C(C)c3ccccc3)C4)C2=O)c(OC)c1. The van der Waals surface area contributed by atoms with Crippen molar-refractivity contribution in [3.63, 3.8) is 0 Å². The number of allylic oxidation sites excluding steroid dienone is 1. The van der Waals surface area contributed by atoms with E-state index >= 15 is 0 Å². The maximum atomic E-state index is 13.3. The number of hydrogen-bond donors (Lipinski definition) is 0. The van der Waals surface area contributed by atoms with Crippen LogP contribution in [0.3, 0.4) is 0 Å². The molecule has 0 aromatic heterocycles. The van der Waals surface area contributed by atoms with Crippen molar-refractivity contribution < 1.29 is 23.7 Å². The van der Waals surface area contributed by atoms with E-state index in [0.717, 1.165) is 22.4 Å². The zero-order chi connectivity index (χ0) is 23.8. The topological polar surface area (TPSA) is 57.2 Å². The van der Waals surface area contributed by atoms with Crippen LogP contribution in [0.2, 0.25) is 0 Å². The van der Waals surface area contributed by atoms with Crippen LogP contribution in [0.15, 0.2) is 60.4 Å². The smallest absolute Gasteiger partial charge is 0.231 e. The highest BCUT2D eigenvalue weighted by Crippen LogP contribution is 2.44. The molecule has 0 fully saturated rings. The Balaban J connectivity index is 1.45. The van der Waals surface area contributed by atoms with Crippen LogP contribution in [0, 0.1) is 6.92 Å². The number of fused-ring (bicyclic) bond motifs is 2. The van der Waals surface area contributed by atoms with Gasteiger partial charge in [0.2, 0.25) is 5.78 Å². The largest absolute Gasteiger partial charge is 0.497 e. The molecule has 3 aromatic rings. The monoisotopic (exact) mass is 457 g/mol. The summed E-state index contributed by atoms with van der Waals surface area (Å²) < 4.78 is 22.9. The molecule has 0 radical (unpaired) electrons. The number of carbonyl (C=O) groups excluding carboxylic acids is 1. The van der Waals surface area contributed by atoms with E-state index in [1.165, 1.54) is 5.56 Å². The van der Waals surface area contributed by atoms with E-state index in [9.17, 15) is 4.79 Å². The number of benzene rings is 3. The first-order valence-electron chi connectivity index (χ1n) is 11.2. The van der Waals surface area contributed by atoms with Crippen molar-refractivity contribution >= 4 is 11.9 Å². The molecule has 0 bridgehead atoms. The molecule has 2 heterocycles. The van der Waals surface area contributed by atoms with Gasteiger partial charge in [-0.3, -0.25) is 9.69 Å². The summed E-state index contributed by atoms with van der Waals surface area (Å²) >= 11 is 0. The lowest BCUT2D eigenvalue weighted by Crippen LogP contribution is -2.34. The summed E-state index contributed by atoms with van der Waals surface area (Å²) in [5.41, 5.74) is 4.36. The zero-order valence-corrected chi connectivity index (χ0v) is 19.8. The molecule has 3 aromatic carbocycles. The molecule has 0 saturated carbocycles. The predicted octanol–water partition coefficient (Wildman–Crippen LogP) is 5.54. The Kier molecular flexibility index (Phi) is 5.75. The molecule has 0 amide bonds. The Morgan fingerprint density at radius 2 is 1.82 bits per heavy atom. The maximum Gasteiger partial charge on any atom is 0.231 e. The van der Waals surface area contributed by atoms with Crippen molar-refractivity contribution in [3.05, 3.63) is 88.2 Å². The Morgan fingerprint density at radius 3 is 2.56 bits per heavy atom. The van der Waals surface area contributed by atoms with Crippen LogP contribution in [0.25, 0.3) is 6.08 Å². The van der Waals surface area contributed by atoms with E-state index < -0.39 is 0 Å². The lowest BCUT2D eigenvalue weighted by atomic mass is 9.99. The van der Waals surface area contributed by atoms with Crippen LogP contribution in [-0.4, -0.2) is 31.6 Å². The lowest BCUT2D eigenvalue weighted by molar-refractivity contribution is 0.0609. The van der Waals surface area contributed by atoms with Gasteiger partial charge in [-0.15, -0.1) is 0 Å². The van der Waals surface area contributed by atoms with Gasteiger partial charge >= 0.3 is 0 Å². The second kappa shape index (κ2) is 8.88. The molecular weight excluding hydrogens is 430 g/mol. The van der Waals surface area contributed by atoms with Gasteiger partial charge in [0, 0.05) is 35.3 Å². The normalized spacial score (nSPS) is 16.9. The van der Waals surface area contributed by atoms with Crippen LogP contribution in [0.5, 0.6) is 23.0 Å². The van der Waals surface area contributed by atoms with E-state index in [0.29, 0.717) is 36.1 Å². The summed E-state index contributed by atoms with van der Waals surface area (Å²) in [4.78, 5) is 15.5. The highest BCUT2D eigenvalue weighted by Gasteiger charge is 2.34. The summed E-state index contributed by atoms with van der Waals surface area (Å²) in [7, 11) is 3.18. The highest BCUT2D eigenvalue weighted by molar-refractivity contribution is 6.15.